The largest absolute Gasteiger partial charge is 0.573 e. The van der Waals surface area contributed by atoms with Gasteiger partial charge in [-0.25, -0.2) is 0 Å². The number of alkyl halides is 3. The number of rotatable bonds is 5. The molecule has 0 saturated heterocycles. The number of aromatic nitrogens is 2. The Labute approximate surface area is 124 Å². The number of nitrogens with one attached hydrogen (secondary N) is 1. The molecule has 4 nitrogen and oxygen atoms in total. The maximum Gasteiger partial charge on any atom is 0.573 e. The van der Waals surface area contributed by atoms with Crippen LogP contribution < -0.4 is 10.1 Å². The van der Waals surface area contributed by atoms with Crippen molar-refractivity contribution in [1.82, 2.24) is 10.2 Å². The van der Waals surface area contributed by atoms with E-state index in [2.05, 4.69) is 20.3 Å². The highest BCUT2D eigenvalue weighted by molar-refractivity contribution is 7.15. The van der Waals surface area contributed by atoms with Crippen molar-refractivity contribution in [2.75, 3.05) is 5.32 Å². The maximum absolute atomic E-state index is 12.1. The standard InChI is InChI=1S/C13H14F3N3OS/c1-3-11-18-19-12(21-11)17-8(2)9-4-6-10(7-5-9)20-13(14,15)16/h4-8H,3H2,1-2H3,(H,17,19). The van der Waals surface area contributed by atoms with Gasteiger partial charge in [-0.3, -0.25) is 0 Å². The van der Waals surface area contributed by atoms with Crippen LogP contribution in [0.15, 0.2) is 24.3 Å². The highest BCUT2D eigenvalue weighted by Crippen LogP contribution is 2.26. The molecule has 2 rings (SSSR count). The van der Waals surface area contributed by atoms with E-state index in [9.17, 15) is 13.2 Å². The van der Waals surface area contributed by atoms with Crippen LogP contribution in [0.1, 0.15) is 30.5 Å². The lowest BCUT2D eigenvalue weighted by molar-refractivity contribution is -0.274. The molecule has 21 heavy (non-hydrogen) atoms. The van der Waals surface area contributed by atoms with Gasteiger partial charge in [0.2, 0.25) is 5.13 Å². The minimum absolute atomic E-state index is 0.0948. The van der Waals surface area contributed by atoms with Crippen molar-refractivity contribution in [1.29, 1.82) is 0 Å². The Hall–Kier alpha value is -1.83. The van der Waals surface area contributed by atoms with Gasteiger partial charge in [-0.15, -0.1) is 23.4 Å². The Kier molecular flexibility index (Phi) is 4.66. The summed E-state index contributed by atoms with van der Waals surface area (Å²) in [6.07, 6.45) is -3.86. The molecule has 0 fully saturated rings. The molecule has 0 aliphatic heterocycles. The van der Waals surface area contributed by atoms with E-state index in [1.807, 2.05) is 13.8 Å². The van der Waals surface area contributed by atoms with Crippen molar-refractivity contribution in [3.8, 4) is 5.75 Å². The van der Waals surface area contributed by atoms with E-state index >= 15 is 0 Å². The number of benzene rings is 1. The number of hydrogen-bond acceptors (Lipinski definition) is 5. The zero-order valence-corrected chi connectivity index (χ0v) is 12.3. The van der Waals surface area contributed by atoms with Crippen molar-refractivity contribution in [3.05, 3.63) is 34.8 Å². The van der Waals surface area contributed by atoms with Crippen LogP contribution in [-0.4, -0.2) is 16.6 Å². The van der Waals surface area contributed by atoms with Crippen molar-refractivity contribution >= 4 is 16.5 Å². The van der Waals surface area contributed by atoms with Crippen LogP contribution in [0.4, 0.5) is 18.3 Å². The van der Waals surface area contributed by atoms with Crippen LogP contribution in [-0.2, 0) is 6.42 Å². The third-order valence-electron chi connectivity index (χ3n) is 2.72. The summed E-state index contributed by atoms with van der Waals surface area (Å²) < 4.78 is 40.1. The molecule has 2 aromatic rings. The van der Waals surface area contributed by atoms with Gasteiger partial charge in [-0.1, -0.05) is 30.4 Å². The molecule has 114 valence electrons. The number of anilines is 1. The molecule has 0 aliphatic carbocycles. The predicted molar refractivity (Wildman–Crippen MR) is 74.4 cm³/mol. The first-order chi connectivity index (χ1) is 9.87. The summed E-state index contributed by atoms with van der Waals surface area (Å²) in [6, 6.07) is 5.65. The third kappa shape index (κ3) is 4.59. The number of nitrogens with zero attached hydrogens (tertiary/aromatic N) is 2. The van der Waals surface area contributed by atoms with E-state index in [0.717, 1.165) is 17.0 Å². The second-order valence-electron chi connectivity index (χ2n) is 4.34. The Morgan fingerprint density at radius 3 is 2.43 bits per heavy atom. The summed E-state index contributed by atoms with van der Waals surface area (Å²) in [5, 5.41) is 12.8. The molecule has 0 spiro atoms. The molecule has 1 atom stereocenters. The minimum atomic E-state index is -4.67. The van der Waals surface area contributed by atoms with Crippen LogP contribution in [0, 0.1) is 0 Å². The SMILES string of the molecule is CCc1nnc(NC(C)c2ccc(OC(F)(F)F)cc2)s1. The van der Waals surface area contributed by atoms with Crippen molar-refractivity contribution in [2.45, 2.75) is 32.7 Å². The zero-order valence-electron chi connectivity index (χ0n) is 11.4. The number of ether oxygens (including phenoxy) is 1. The molecule has 1 unspecified atom stereocenters. The van der Waals surface area contributed by atoms with Gasteiger partial charge in [0.25, 0.3) is 0 Å². The van der Waals surface area contributed by atoms with Crippen LogP contribution in [0.3, 0.4) is 0 Å². The second-order valence-corrected chi connectivity index (χ2v) is 5.40. The lowest BCUT2D eigenvalue weighted by atomic mass is 10.1. The van der Waals surface area contributed by atoms with E-state index < -0.39 is 6.36 Å². The maximum atomic E-state index is 12.1. The molecule has 0 radical (unpaired) electrons. The average molecular weight is 317 g/mol. The summed E-state index contributed by atoms with van der Waals surface area (Å²) in [6.45, 7) is 3.89. The molecule has 1 aromatic carbocycles. The molecule has 1 N–H and O–H groups in total. The summed E-state index contributed by atoms with van der Waals surface area (Å²) in [7, 11) is 0. The Morgan fingerprint density at radius 1 is 1.24 bits per heavy atom. The fourth-order valence-corrected chi connectivity index (χ4v) is 2.45. The van der Waals surface area contributed by atoms with Gasteiger partial charge >= 0.3 is 6.36 Å². The molecular weight excluding hydrogens is 303 g/mol. The van der Waals surface area contributed by atoms with Gasteiger partial charge in [0, 0.05) is 0 Å². The molecule has 1 aromatic heterocycles. The fraction of sp³-hybridized carbons (Fsp3) is 0.385. The van der Waals surface area contributed by atoms with E-state index in [1.54, 1.807) is 12.1 Å². The summed E-state index contributed by atoms with van der Waals surface area (Å²) in [4.78, 5) is 0. The normalized spacial score (nSPS) is 13.0. The molecular formula is C13H14F3N3OS. The van der Waals surface area contributed by atoms with Crippen molar-refractivity contribution in [2.24, 2.45) is 0 Å². The minimum Gasteiger partial charge on any atom is -0.406 e. The molecule has 0 amide bonds. The quantitative estimate of drug-likeness (QED) is 0.899. The van der Waals surface area contributed by atoms with Crippen molar-refractivity contribution < 1.29 is 17.9 Å². The van der Waals surface area contributed by atoms with Gasteiger partial charge in [-0.2, -0.15) is 0 Å². The highest BCUT2D eigenvalue weighted by atomic mass is 32.1. The Balaban J connectivity index is 2.00. The number of hydrogen-bond donors (Lipinski definition) is 1. The van der Waals surface area contributed by atoms with Gasteiger partial charge in [-0.05, 0) is 31.0 Å². The molecule has 0 aliphatic rings. The number of halogens is 3. The first kappa shape index (κ1) is 15.6. The van der Waals surface area contributed by atoms with E-state index in [1.165, 1.54) is 23.5 Å². The third-order valence-corrected chi connectivity index (χ3v) is 3.72. The molecule has 0 saturated carbocycles. The van der Waals surface area contributed by atoms with Gasteiger partial charge in [0.1, 0.15) is 10.8 Å². The monoisotopic (exact) mass is 317 g/mol. The fourth-order valence-electron chi connectivity index (χ4n) is 1.68. The molecule has 8 heteroatoms. The summed E-state index contributed by atoms with van der Waals surface area (Å²) in [5.41, 5.74) is 0.831. The van der Waals surface area contributed by atoms with E-state index in [4.69, 9.17) is 0 Å². The number of aryl methyl sites for hydroxylation is 1. The predicted octanol–water partition coefficient (Wildman–Crippen LogP) is 4.17. The highest BCUT2D eigenvalue weighted by Gasteiger charge is 2.31. The van der Waals surface area contributed by atoms with E-state index in [0.29, 0.717) is 5.13 Å². The van der Waals surface area contributed by atoms with Gasteiger partial charge in [0.05, 0.1) is 6.04 Å². The van der Waals surface area contributed by atoms with Gasteiger partial charge < -0.3 is 10.1 Å². The average Bonchev–Trinajstić information content (AvgIpc) is 2.85. The topological polar surface area (TPSA) is 47.0 Å². The van der Waals surface area contributed by atoms with E-state index in [-0.39, 0.29) is 11.8 Å². The second kappa shape index (κ2) is 6.30. The lowest BCUT2D eigenvalue weighted by Crippen LogP contribution is -2.17. The first-order valence-corrected chi connectivity index (χ1v) is 7.13. The van der Waals surface area contributed by atoms with Crippen molar-refractivity contribution in [3.63, 3.8) is 0 Å². The Bertz CT molecular complexity index is 583. The molecule has 0 bridgehead atoms. The lowest BCUT2D eigenvalue weighted by Gasteiger charge is -2.14. The van der Waals surface area contributed by atoms with Crippen LogP contribution >= 0.6 is 11.3 Å². The van der Waals surface area contributed by atoms with Crippen LogP contribution in [0.2, 0.25) is 0 Å². The van der Waals surface area contributed by atoms with Crippen LogP contribution in [0.25, 0.3) is 0 Å². The zero-order chi connectivity index (χ0) is 15.5. The van der Waals surface area contributed by atoms with Gasteiger partial charge in [0.15, 0.2) is 0 Å². The smallest absolute Gasteiger partial charge is 0.406 e. The first-order valence-electron chi connectivity index (χ1n) is 6.32. The summed E-state index contributed by atoms with van der Waals surface area (Å²) >= 11 is 1.46. The summed E-state index contributed by atoms with van der Waals surface area (Å²) in [5.74, 6) is -0.234. The Morgan fingerprint density at radius 2 is 1.90 bits per heavy atom. The van der Waals surface area contributed by atoms with Crippen LogP contribution in [0.5, 0.6) is 5.75 Å². The molecule has 1 heterocycles.